The molecule has 0 saturated carbocycles. The molecule has 0 bridgehead atoms. The van der Waals surface area contributed by atoms with Crippen molar-refractivity contribution < 1.29 is 18.8 Å². The summed E-state index contributed by atoms with van der Waals surface area (Å²) in [6.07, 6.45) is 1.17. The van der Waals surface area contributed by atoms with Crippen LogP contribution in [0.1, 0.15) is 47.4 Å². The fraction of sp³-hybridized carbons (Fsp3) is 0.375. The fourth-order valence-electron chi connectivity index (χ4n) is 3.84. The highest BCUT2D eigenvalue weighted by atomic mass is 79.9. The summed E-state index contributed by atoms with van der Waals surface area (Å²) in [6.45, 7) is 4.70. The molecule has 0 aliphatic carbocycles. The van der Waals surface area contributed by atoms with Crippen molar-refractivity contribution in [3.8, 4) is 0 Å². The Labute approximate surface area is 195 Å². The Kier molecular flexibility index (Phi) is 8.01. The third kappa shape index (κ3) is 6.16. The molecule has 1 fully saturated rings. The molecule has 1 aliphatic heterocycles. The number of nitrogens with zero attached hydrogens (tertiary/aromatic N) is 1. The van der Waals surface area contributed by atoms with Crippen LogP contribution in [-0.4, -0.2) is 47.8 Å². The number of amides is 3. The molecule has 1 atom stereocenters. The van der Waals surface area contributed by atoms with Crippen LogP contribution in [-0.2, 0) is 4.79 Å². The number of piperidine rings is 1. The number of carbonyl (C=O) groups is 3. The van der Waals surface area contributed by atoms with Crippen LogP contribution in [0, 0.1) is 11.7 Å². The maximum Gasteiger partial charge on any atom is 0.253 e. The lowest BCUT2D eigenvalue weighted by molar-refractivity contribution is -0.125. The molecule has 1 unspecified atom stereocenters. The van der Waals surface area contributed by atoms with Crippen LogP contribution >= 0.6 is 15.9 Å². The summed E-state index contributed by atoms with van der Waals surface area (Å²) in [4.78, 5) is 40.2. The smallest absolute Gasteiger partial charge is 0.253 e. The van der Waals surface area contributed by atoms with Crippen LogP contribution in [0.2, 0.25) is 0 Å². The van der Waals surface area contributed by atoms with E-state index in [9.17, 15) is 18.8 Å². The van der Waals surface area contributed by atoms with Crippen molar-refractivity contribution in [3.05, 3.63) is 69.9 Å². The highest BCUT2D eigenvalue weighted by Crippen LogP contribution is 2.24. The van der Waals surface area contributed by atoms with E-state index in [1.807, 2.05) is 26.0 Å². The molecule has 0 spiro atoms. The minimum absolute atomic E-state index is 0.0525. The Hall–Kier alpha value is -2.74. The van der Waals surface area contributed by atoms with Gasteiger partial charge in [-0.25, -0.2) is 4.39 Å². The van der Waals surface area contributed by atoms with Crippen LogP contribution in [0.25, 0.3) is 0 Å². The molecule has 1 aliphatic rings. The number of nitrogens with one attached hydrogen (secondary N) is 2. The minimum atomic E-state index is -0.738. The standard InChI is InChI=1S/C24H27BrFN3O3/c1-15(2)27-23(31)21(28-22(30)17-6-8-20(26)9-7-17)16-10-12-29(13-11-16)24(32)18-4-3-5-19(25)14-18/h3-9,14-16,21H,10-13H2,1-2H3,(H,27,31)(H,28,30). The van der Waals surface area contributed by atoms with Crippen molar-refractivity contribution >= 4 is 33.7 Å². The summed E-state index contributed by atoms with van der Waals surface area (Å²) in [6, 6.07) is 11.6. The SMILES string of the molecule is CC(C)NC(=O)C(NC(=O)c1ccc(F)cc1)C1CCN(C(=O)c2cccc(Br)c2)CC1. The lowest BCUT2D eigenvalue weighted by atomic mass is 9.88. The number of carbonyl (C=O) groups excluding carboxylic acids is 3. The highest BCUT2D eigenvalue weighted by molar-refractivity contribution is 9.10. The van der Waals surface area contributed by atoms with Crippen LogP contribution < -0.4 is 10.6 Å². The third-order valence-electron chi connectivity index (χ3n) is 5.48. The predicted octanol–water partition coefficient (Wildman–Crippen LogP) is 3.76. The third-order valence-corrected chi connectivity index (χ3v) is 5.97. The Bertz CT molecular complexity index is 973. The van der Waals surface area contributed by atoms with E-state index >= 15 is 0 Å². The van der Waals surface area contributed by atoms with E-state index in [1.54, 1.807) is 17.0 Å². The molecule has 170 valence electrons. The van der Waals surface area contributed by atoms with Crippen molar-refractivity contribution in [2.75, 3.05) is 13.1 Å². The average Bonchev–Trinajstić information content (AvgIpc) is 2.77. The lowest BCUT2D eigenvalue weighted by Gasteiger charge is -2.36. The van der Waals surface area contributed by atoms with Crippen molar-refractivity contribution in [2.45, 2.75) is 38.8 Å². The lowest BCUT2D eigenvalue weighted by Crippen LogP contribution is -2.54. The number of likely N-dealkylation sites (tertiary alicyclic amines) is 1. The van der Waals surface area contributed by atoms with E-state index in [0.717, 1.165) is 4.47 Å². The van der Waals surface area contributed by atoms with E-state index in [2.05, 4.69) is 26.6 Å². The molecule has 2 aromatic rings. The van der Waals surface area contributed by atoms with Gasteiger partial charge < -0.3 is 15.5 Å². The first-order valence-corrected chi connectivity index (χ1v) is 11.5. The van der Waals surface area contributed by atoms with Crippen LogP contribution in [0.3, 0.4) is 0 Å². The number of hydrogen-bond acceptors (Lipinski definition) is 3. The first-order valence-electron chi connectivity index (χ1n) is 10.7. The molecule has 3 rings (SSSR count). The van der Waals surface area contributed by atoms with Gasteiger partial charge in [0.15, 0.2) is 0 Å². The Balaban J connectivity index is 1.69. The second-order valence-electron chi connectivity index (χ2n) is 8.26. The van der Waals surface area contributed by atoms with Gasteiger partial charge in [-0.3, -0.25) is 14.4 Å². The molecule has 8 heteroatoms. The monoisotopic (exact) mass is 503 g/mol. The minimum Gasteiger partial charge on any atom is -0.352 e. The largest absolute Gasteiger partial charge is 0.352 e. The van der Waals surface area contributed by atoms with E-state index in [1.165, 1.54) is 24.3 Å². The van der Waals surface area contributed by atoms with Crippen molar-refractivity contribution in [1.29, 1.82) is 0 Å². The number of hydrogen-bond donors (Lipinski definition) is 2. The van der Waals surface area contributed by atoms with E-state index in [-0.39, 0.29) is 29.3 Å². The first kappa shape index (κ1) is 23.9. The molecule has 6 nitrogen and oxygen atoms in total. The molecule has 1 saturated heterocycles. The van der Waals surface area contributed by atoms with Crippen molar-refractivity contribution in [2.24, 2.45) is 5.92 Å². The summed E-state index contributed by atoms with van der Waals surface area (Å²) in [5.41, 5.74) is 0.896. The van der Waals surface area contributed by atoms with Gasteiger partial charge in [0.1, 0.15) is 11.9 Å². The van der Waals surface area contributed by atoms with Gasteiger partial charge >= 0.3 is 0 Å². The van der Waals surface area contributed by atoms with Gasteiger partial charge in [-0.05, 0) is 75.1 Å². The Morgan fingerprint density at radius 3 is 2.25 bits per heavy atom. The van der Waals surface area contributed by atoms with Gasteiger partial charge in [-0.15, -0.1) is 0 Å². The van der Waals surface area contributed by atoms with Crippen molar-refractivity contribution in [3.63, 3.8) is 0 Å². The molecule has 2 N–H and O–H groups in total. The zero-order valence-electron chi connectivity index (χ0n) is 18.1. The summed E-state index contributed by atoms with van der Waals surface area (Å²) >= 11 is 3.39. The maximum absolute atomic E-state index is 13.2. The first-order chi connectivity index (χ1) is 15.2. The average molecular weight is 504 g/mol. The molecule has 2 aromatic carbocycles. The molecular weight excluding hydrogens is 477 g/mol. The maximum atomic E-state index is 13.2. The van der Waals surface area contributed by atoms with E-state index in [0.29, 0.717) is 31.5 Å². The van der Waals surface area contributed by atoms with Crippen molar-refractivity contribution in [1.82, 2.24) is 15.5 Å². The molecular formula is C24H27BrFN3O3. The summed E-state index contributed by atoms with van der Waals surface area (Å²) in [5, 5.41) is 5.70. The van der Waals surface area contributed by atoms with Crippen LogP contribution in [0.5, 0.6) is 0 Å². The molecule has 0 radical (unpaired) electrons. The van der Waals surface area contributed by atoms with Gasteiger partial charge in [0, 0.05) is 34.7 Å². The van der Waals surface area contributed by atoms with Crippen LogP contribution in [0.4, 0.5) is 4.39 Å². The second-order valence-corrected chi connectivity index (χ2v) is 9.18. The summed E-state index contributed by atoms with van der Waals surface area (Å²) in [5.74, 6) is -1.29. The van der Waals surface area contributed by atoms with Gasteiger partial charge in [0.2, 0.25) is 5.91 Å². The molecule has 1 heterocycles. The molecule has 3 amide bonds. The quantitative estimate of drug-likeness (QED) is 0.629. The zero-order chi connectivity index (χ0) is 23.3. The topological polar surface area (TPSA) is 78.5 Å². The Morgan fingerprint density at radius 2 is 1.66 bits per heavy atom. The Morgan fingerprint density at radius 1 is 1.00 bits per heavy atom. The highest BCUT2D eigenvalue weighted by Gasteiger charge is 2.34. The predicted molar refractivity (Wildman–Crippen MR) is 124 cm³/mol. The van der Waals surface area contributed by atoms with Crippen LogP contribution in [0.15, 0.2) is 53.0 Å². The van der Waals surface area contributed by atoms with Gasteiger partial charge in [-0.2, -0.15) is 0 Å². The summed E-state index contributed by atoms with van der Waals surface area (Å²) in [7, 11) is 0. The van der Waals surface area contributed by atoms with Gasteiger partial charge in [0.25, 0.3) is 11.8 Å². The summed E-state index contributed by atoms with van der Waals surface area (Å²) < 4.78 is 14.0. The molecule has 0 aromatic heterocycles. The fourth-order valence-corrected chi connectivity index (χ4v) is 4.24. The second kappa shape index (κ2) is 10.7. The number of rotatable bonds is 6. The van der Waals surface area contributed by atoms with E-state index < -0.39 is 17.8 Å². The number of halogens is 2. The zero-order valence-corrected chi connectivity index (χ0v) is 19.7. The van der Waals surface area contributed by atoms with E-state index in [4.69, 9.17) is 0 Å². The molecule has 32 heavy (non-hydrogen) atoms. The number of benzene rings is 2. The van der Waals surface area contributed by atoms with Gasteiger partial charge in [0.05, 0.1) is 0 Å². The van der Waals surface area contributed by atoms with Gasteiger partial charge in [-0.1, -0.05) is 22.0 Å². The normalized spacial score (nSPS) is 15.3.